The SMILES string of the molecule is C=C1C[C@H](CCC2OCCO2)O[C@H]1CC[C@H]1C[C@@H](C)C(=C)[C@@H](C[C@@H]2O[C@H](C[C@@H](CO[Si](C)(C)C(C)(C)C)O[Si](C)(C)C(C)(C)C)[C@H](OC)[C@H]2CC(=O)C(c2cc(C)ccc2S(=O)O)[C@H]2CC[C@@H]3O[C@@H](C(/C=C/I)O[Si](C)(C)C(C)(C)C)C(O[Si](C)(C)C(C)(C)C)C(O[Si](C)(C)C(C)(C)C)[C@H]3O2)O1. The van der Waals surface area contributed by atoms with E-state index in [0.29, 0.717) is 51.1 Å². The van der Waals surface area contributed by atoms with Crippen molar-refractivity contribution in [3.05, 3.63) is 63.8 Å². The molecule has 1 aromatic rings. The zero-order valence-electron chi connectivity index (χ0n) is 68.5. The van der Waals surface area contributed by atoms with E-state index >= 15 is 4.79 Å². The minimum absolute atomic E-state index is 0.00608. The van der Waals surface area contributed by atoms with Gasteiger partial charge in [0.05, 0.1) is 97.8 Å². The molecule has 19 atom stereocenters. The van der Waals surface area contributed by atoms with Crippen LogP contribution in [0.4, 0.5) is 0 Å². The first-order valence-electron chi connectivity index (χ1n) is 38.5. The third-order valence-corrected chi connectivity index (χ3v) is 49.5. The summed E-state index contributed by atoms with van der Waals surface area (Å²) < 4.78 is 120. The van der Waals surface area contributed by atoms with Crippen molar-refractivity contribution in [2.75, 3.05) is 26.9 Å². The van der Waals surface area contributed by atoms with Gasteiger partial charge >= 0.3 is 0 Å². The van der Waals surface area contributed by atoms with Crippen molar-refractivity contribution < 1.29 is 73.6 Å². The lowest BCUT2D eigenvalue weighted by Gasteiger charge is -2.56. The van der Waals surface area contributed by atoms with Gasteiger partial charge in [-0.3, -0.25) is 4.79 Å². The Morgan fingerprint density at radius 1 is 0.686 bits per heavy atom. The first-order chi connectivity index (χ1) is 46.7. The number of benzene rings is 1. The zero-order valence-corrected chi connectivity index (χ0v) is 76.5. The molecule has 5 unspecified atom stereocenters. The molecular weight excluding hydrogens is 1500 g/mol. The molecule has 586 valence electrons. The van der Waals surface area contributed by atoms with Gasteiger partial charge in [0.25, 0.3) is 0 Å². The number of methoxy groups -OCH3 is 1. The summed E-state index contributed by atoms with van der Waals surface area (Å²) in [5, 5.41) is -0.649. The summed E-state index contributed by atoms with van der Waals surface area (Å²) in [4.78, 5) is 17.0. The number of halogens is 1. The molecule has 0 spiro atoms. The highest BCUT2D eigenvalue weighted by atomic mass is 127. The Morgan fingerprint density at radius 2 is 1.25 bits per heavy atom. The van der Waals surface area contributed by atoms with Crippen LogP contribution in [-0.2, 0) is 75.9 Å². The summed E-state index contributed by atoms with van der Waals surface area (Å²) in [6, 6.07) is 5.45. The average Bonchev–Trinajstić information content (AvgIpc) is 0.977. The zero-order chi connectivity index (χ0) is 76.6. The number of ether oxygens (including phenoxy) is 8. The van der Waals surface area contributed by atoms with E-state index < -0.39 is 132 Å². The second-order valence-electron chi connectivity index (χ2n) is 38.7. The highest BCUT2D eigenvalue weighted by molar-refractivity contribution is 14.1. The Labute approximate surface area is 640 Å². The third kappa shape index (κ3) is 21.8. The van der Waals surface area contributed by atoms with Crippen LogP contribution in [0.25, 0.3) is 0 Å². The maximum atomic E-state index is 16.9. The highest BCUT2D eigenvalue weighted by Crippen LogP contribution is 2.51. The van der Waals surface area contributed by atoms with Crippen molar-refractivity contribution >= 4 is 81.0 Å². The quantitative estimate of drug-likeness (QED) is 0.0333. The minimum Gasteiger partial charge on any atom is -0.414 e. The van der Waals surface area contributed by atoms with Gasteiger partial charge in [0.1, 0.15) is 30.2 Å². The molecule has 0 saturated carbocycles. The lowest BCUT2D eigenvalue weighted by atomic mass is 9.77. The van der Waals surface area contributed by atoms with Crippen LogP contribution >= 0.6 is 22.6 Å². The summed E-state index contributed by atoms with van der Waals surface area (Å²) in [6.07, 6.45) is 1.89. The van der Waals surface area contributed by atoms with E-state index in [9.17, 15) is 8.76 Å². The topological polar surface area (TPSA) is 174 Å². The number of Topliss-reactive ketones (excluding diaryl/α,β-unsaturated/α-hetero) is 1. The Hall–Kier alpha value is -0.486. The molecule has 0 amide bonds. The van der Waals surface area contributed by atoms with Crippen molar-refractivity contribution in [1.82, 2.24) is 0 Å². The maximum absolute atomic E-state index is 16.9. The van der Waals surface area contributed by atoms with E-state index in [1.165, 1.54) is 0 Å². The van der Waals surface area contributed by atoms with E-state index in [-0.39, 0.29) is 78.9 Å². The van der Waals surface area contributed by atoms with Gasteiger partial charge in [0.15, 0.2) is 59.0 Å². The first-order valence-corrected chi connectivity index (χ1v) is 55.4. The molecule has 6 heterocycles. The smallest absolute Gasteiger partial charge is 0.193 e. The molecule has 1 N–H and O–H groups in total. The second kappa shape index (κ2) is 34.6. The predicted molar refractivity (Wildman–Crippen MR) is 434 cm³/mol. The Balaban J connectivity index is 1.32. The third-order valence-electron chi connectivity index (χ3n) is 25.9. The Bertz CT molecular complexity index is 3010. The van der Waals surface area contributed by atoms with Crippen LogP contribution in [-0.4, -0.2) is 181 Å². The fourth-order valence-electron chi connectivity index (χ4n) is 14.3. The van der Waals surface area contributed by atoms with E-state index in [1.54, 1.807) is 13.2 Å². The summed E-state index contributed by atoms with van der Waals surface area (Å²) in [6.45, 7) is 71.9. The second-order valence-corrected chi connectivity index (χ2v) is 64.1. The summed E-state index contributed by atoms with van der Waals surface area (Å²) in [5.74, 6) is -1.50. The van der Waals surface area contributed by atoms with Crippen LogP contribution in [0.15, 0.2) is 57.6 Å². The van der Waals surface area contributed by atoms with E-state index in [2.05, 4.69) is 211 Å². The van der Waals surface area contributed by atoms with E-state index in [4.69, 9.17) is 66.6 Å². The predicted octanol–water partition coefficient (Wildman–Crippen LogP) is 19.6. The summed E-state index contributed by atoms with van der Waals surface area (Å²) >= 11 is -0.168. The van der Waals surface area contributed by atoms with Crippen LogP contribution < -0.4 is 0 Å². The average molecular weight is 1650 g/mol. The molecule has 0 radical (unpaired) electrons. The van der Waals surface area contributed by atoms with Crippen molar-refractivity contribution in [3.63, 3.8) is 0 Å². The van der Waals surface area contributed by atoms with E-state index in [1.807, 2.05) is 23.1 Å². The van der Waals surface area contributed by atoms with Crippen molar-refractivity contribution in [3.8, 4) is 0 Å². The summed E-state index contributed by atoms with van der Waals surface area (Å²) in [7, 11) is -10.7. The van der Waals surface area contributed by atoms with Crippen LogP contribution in [0.3, 0.4) is 0 Å². The number of rotatable bonds is 30. The lowest BCUT2D eigenvalue weighted by Crippen LogP contribution is -2.69. The molecule has 6 aliphatic heterocycles. The Morgan fingerprint density at radius 3 is 1.80 bits per heavy atom. The largest absolute Gasteiger partial charge is 0.414 e. The van der Waals surface area contributed by atoms with Gasteiger partial charge in [-0.1, -0.05) is 164 Å². The molecule has 6 saturated heterocycles. The molecule has 6 aliphatic rings. The molecular formula is C79H141IO16SSi5. The number of hydrogen-bond acceptors (Lipinski definition) is 15. The molecule has 1 aromatic carbocycles. The number of aryl methyl sites for hydroxylation is 1. The minimum atomic E-state index is -2.69. The molecule has 16 nitrogen and oxygen atoms in total. The molecule has 23 heteroatoms. The van der Waals surface area contributed by atoms with Gasteiger partial charge < -0.3 is 64.6 Å². The molecule has 0 aromatic heterocycles. The monoisotopic (exact) mass is 1640 g/mol. The van der Waals surface area contributed by atoms with Crippen LogP contribution in [0, 0.1) is 18.8 Å². The van der Waals surface area contributed by atoms with Crippen molar-refractivity contribution in [1.29, 1.82) is 0 Å². The Kier molecular flexibility index (Phi) is 30.1. The van der Waals surface area contributed by atoms with Gasteiger partial charge in [0.2, 0.25) is 0 Å². The number of carbonyl (C=O) groups excluding carboxylic acids is 1. The molecule has 6 fully saturated rings. The molecule has 102 heavy (non-hydrogen) atoms. The standard InChI is InChI=1S/C79H141IO16SSi5/c1-50-31-37-67(97(82)83)58(43-50)69(61-35-36-62-71(91-61)73(95-101(27,28)78(14,15)16)74(96-102(29,30)79(17,18)19)72(92-62)63(39-40-80)94-100(25,26)77(11,12)13)59(81)47-57-65(90-66(70(57)84-20)46-56(93-99(23,24)76(8,9)10)49-87-98(21,22)75(5,6)7)48-64-53(4)51(2)44-54(89-64)32-34-60-52(3)45-55(88-60)33-38-68-85-41-42-86-68/h31,37,39-40,43,51,54-57,60-66,68-74H,3-4,32-36,38,41-42,44-49H2,1-2,5-30H3,(H,82,83)/b40-39+/t51-,54+,55+,56+,57+,60+,61-,62+,63?,64-,65+,66-,69?,70-,71+,72+,73?,74?/m1/s1. The molecule has 0 aliphatic carbocycles. The van der Waals surface area contributed by atoms with Crippen molar-refractivity contribution in [2.45, 2.75) is 388 Å². The fraction of sp³-hybridized carbons (Fsp3) is 0.835. The van der Waals surface area contributed by atoms with Gasteiger partial charge in [-0.2, -0.15) is 0 Å². The highest BCUT2D eigenvalue weighted by Gasteiger charge is 2.60. The van der Waals surface area contributed by atoms with Gasteiger partial charge in [-0.15, -0.1) is 0 Å². The van der Waals surface area contributed by atoms with Gasteiger partial charge in [-0.05, 0) is 181 Å². The number of hydrogen-bond donors (Lipinski definition) is 1. The summed E-state index contributed by atoms with van der Waals surface area (Å²) in [5.41, 5.74) is 3.43. The van der Waals surface area contributed by atoms with Crippen LogP contribution in [0.1, 0.15) is 198 Å². The van der Waals surface area contributed by atoms with Crippen molar-refractivity contribution in [2.24, 2.45) is 11.8 Å². The van der Waals surface area contributed by atoms with Gasteiger partial charge in [0, 0.05) is 38.7 Å². The normalized spacial score (nSPS) is 30.9. The molecule has 7 rings (SSSR count). The molecule has 0 bridgehead atoms. The van der Waals surface area contributed by atoms with Gasteiger partial charge in [-0.25, -0.2) is 4.21 Å². The first kappa shape index (κ1) is 88.7. The van der Waals surface area contributed by atoms with Crippen LogP contribution in [0.5, 0.6) is 0 Å². The number of carbonyl (C=O) groups is 1. The number of fused-ring (bicyclic) bond motifs is 1. The van der Waals surface area contributed by atoms with Crippen LogP contribution in [0.2, 0.25) is 90.7 Å². The lowest BCUT2D eigenvalue weighted by molar-refractivity contribution is -0.268. The van der Waals surface area contributed by atoms with E-state index in [0.717, 1.165) is 55.2 Å². The number of ketones is 1. The fourth-order valence-corrected chi connectivity index (χ4v) is 21.5. The maximum Gasteiger partial charge on any atom is 0.193 e.